The molecule has 5 amide bonds. The zero-order valence-electron chi connectivity index (χ0n) is 22.0. The van der Waals surface area contributed by atoms with Gasteiger partial charge in [0.05, 0.1) is 25.4 Å². The molecule has 0 aliphatic carbocycles. The van der Waals surface area contributed by atoms with Crippen molar-refractivity contribution in [3.05, 3.63) is 77.4 Å². The summed E-state index contributed by atoms with van der Waals surface area (Å²) in [5.41, 5.74) is 3.37. The topological polar surface area (TPSA) is 125 Å². The second-order valence-electron chi connectivity index (χ2n) is 9.13. The molecule has 2 aliphatic heterocycles. The molecule has 2 heterocycles. The van der Waals surface area contributed by atoms with Gasteiger partial charge in [-0.3, -0.25) is 28.9 Å². The summed E-state index contributed by atoms with van der Waals surface area (Å²) < 4.78 is 5.40. The minimum atomic E-state index is -0.424. The average molecular weight is 559 g/mol. The first-order chi connectivity index (χ1) is 19.4. The van der Waals surface area contributed by atoms with Crippen molar-refractivity contribution in [2.24, 2.45) is 0 Å². The number of nitrogens with zero attached hydrogens (tertiary/aromatic N) is 2. The molecule has 10 nitrogen and oxygen atoms in total. The van der Waals surface area contributed by atoms with Crippen LogP contribution in [0.5, 0.6) is 0 Å². The molecule has 0 atom stereocenters. The van der Waals surface area contributed by atoms with E-state index in [9.17, 15) is 24.0 Å². The summed E-state index contributed by atoms with van der Waals surface area (Å²) in [6.07, 6.45) is 2.60. The Morgan fingerprint density at radius 2 is 1.41 bits per heavy atom. The Labute approximate surface area is 239 Å². The van der Waals surface area contributed by atoms with Gasteiger partial charge < -0.3 is 20.3 Å². The summed E-state index contributed by atoms with van der Waals surface area (Å²) in [5, 5.41) is 5.39. The lowest BCUT2D eigenvalue weighted by molar-refractivity contribution is -0.137. The molecule has 0 aromatic heterocycles. The van der Waals surface area contributed by atoms with Gasteiger partial charge in [0.2, 0.25) is 17.7 Å². The number of carbonyl (C=O) groups excluding carboxylic acids is 5. The van der Waals surface area contributed by atoms with Gasteiger partial charge in [-0.15, -0.1) is 0 Å². The number of hydrogen-bond donors (Lipinski definition) is 2. The minimum absolute atomic E-state index is 0. The Bertz CT molecular complexity index is 1370. The quantitative estimate of drug-likeness (QED) is 0.233. The Morgan fingerprint density at radius 3 is 2.20 bits per heavy atom. The fourth-order valence-corrected chi connectivity index (χ4v) is 4.22. The normalized spacial score (nSPS) is 13.2. The van der Waals surface area contributed by atoms with E-state index in [1.54, 1.807) is 4.90 Å². The van der Waals surface area contributed by atoms with Gasteiger partial charge in [0.15, 0.2) is 0 Å². The SMILES string of the molecule is C.O=C(CCOCCNC(=O)CCN1C(=O)C=CC1=O)NCCC(=O)N1Cc2ccccc2C#Cc2ccccc21. The lowest BCUT2D eigenvalue weighted by Gasteiger charge is -2.26. The number of carbonyl (C=O) groups is 5. The van der Waals surface area contributed by atoms with Crippen LogP contribution in [0.15, 0.2) is 60.7 Å². The minimum Gasteiger partial charge on any atom is -0.379 e. The van der Waals surface area contributed by atoms with Crippen LogP contribution in [0.2, 0.25) is 0 Å². The van der Waals surface area contributed by atoms with Crippen molar-refractivity contribution in [1.82, 2.24) is 15.5 Å². The van der Waals surface area contributed by atoms with Crippen molar-refractivity contribution in [2.45, 2.75) is 33.2 Å². The zero-order chi connectivity index (χ0) is 28.3. The molecular formula is C31H34N4O6. The van der Waals surface area contributed by atoms with Gasteiger partial charge in [0.1, 0.15) is 0 Å². The highest BCUT2D eigenvalue weighted by atomic mass is 16.5. The summed E-state index contributed by atoms with van der Waals surface area (Å²) in [5.74, 6) is 4.84. The predicted molar refractivity (Wildman–Crippen MR) is 153 cm³/mol. The molecule has 0 bridgehead atoms. The van der Waals surface area contributed by atoms with Crippen LogP contribution in [-0.4, -0.2) is 67.3 Å². The van der Waals surface area contributed by atoms with E-state index in [0.717, 1.165) is 27.3 Å². The molecule has 214 valence electrons. The van der Waals surface area contributed by atoms with Crippen molar-refractivity contribution in [3.63, 3.8) is 0 Å². The maximum atomic E-state index is 13.2. The zero-order valence-corrected chi connectivity index (χ0v) is 22.0. The van der Waals surface area contributed by atoms with E-state index in [1.165, 1.54) is 12.2 Å². The molecule has 0 radical (unpaired) electrons. The number of anilines is 1. The summed E-state index contributed by atoms with van der Waals surface area (Å²) in [6.45, 7) is 1.21. The van der Waals surface area contributed by atoms with Gasteiger partial charge in [-0.2, -0.15) is 0 Å². The third-order valence-corrected chi connectivity index (χ3v) is 6.34. The number of hydrogen-bond acceptors (Lipinski definition) is 6. The van der Waals surface area contributed by atoms with Gasteiger partial charge in [0, 0.05) is 62.2 Å². The smallest absolute Gasteiger partial charge is 0.253 e. The first kappa shape index (κ1) is 30.8. The van der Waals surface area contributed by atoms with Gasteiger partial charge in [0.25, 0.3) is 11.8 Å². The van der Waals surface area contributed by atoms with Crippen LogP contribution in [-0.2, 0) is 35.3 Å². The third kappa shape index (κ3) is 8.62. The van der Waals surface area contributed by atoms with Crippen molar-refractivity contribution in [3.8, 4) is 11.8 Å². The molecule has 2 aromatic carbocycles. The maximum Gasteiger partial charge on any atom is 0.253 e. The number of fused-ring (bicyclic) bond motifs is 2. The van der Waals surface area contributed by atoms with E-state index in [2.05, 4.69) is 22.5 Å². The molecule has 41 heavy (non-hydrogen) atoms. The molecular weight excluding hydrogens is 524 g/mol. The molecule has 2 aromatic rings. The van der Waals surface area contributed by atoms with Crippen molar-refractivity contribution >= 4 is 35.2 Å². The van der Waals surface area contributed by atoms with Gasteiger partial charge in [-0.25, -0.2) is 0 Å². The number of nitrogens with one attached hydrogen (secondary N) is 2. The summed E-state index contributed by atoms with van der Waals surface area (Å²) in [7, 11) is 0. The van der Waals surface area contributed by atoms with Gasteiger partial charge >= 0.3 is 0 Å². The number of para-hydroxylation sites is 1. The monoisotopic (exact) mass is 558 g/mol. The summed E-state index contributed by atoms with van der Waals surface area (Å²) in [6, 6.07) is 15.3. The van der Waals surface area contributed by atoms with Crippen LogP contribution in [0.3, 0.4) is 0 Å². The average Bonchev–Trinajstić information content (AvgIpc) is 3.27. The van der Waals surface area contributed by atoms with Crippen LogP contribution >= 0.6 is 0 Å². The van der Waals surface area contributed by atoms with Crippen molar-refractivity contribution in [1.29, 1.82) is 0 Å². The number of rotatable bonds is 12. The van der Waals surface area contributed by atoms with Crippen LogP contribution in [0, 0.1) is 11.8 Å². The van der Waals surface area contributed by atoms with Crippen LogP contribution in [0.25, 0.3) is 0 Å². The molecule has 0 saturated carbocycles. The van der Waals surface area contributed by atoms with Crippen molar-refractivity contribution in [2.75, 3.05) is 37.7 Å². The van der Waals surface area contributed by atoms with Crippen LogP contribution in [0.4, 0.5) is 5.69 Å². The lowest BCUT2D eigenvalue weighted by Crippen LogP contribution is -2.36. The largest absolute Gasteiger partial charge is 0.379 e. The molecule has 4 rings (SSSR count). The van der Waals surface area contributed by atoms with E-state index in [0.29, 0.717) is 6.54 Å². The Kier molecular flexibility index (Phi) is 11.4. The molecule has 0 saturated heterocycles. The van der Waals surface area contributed by atoms with Crippen molar-refractivity contribution < 1.29 is 28.7 Å². The second-order valence-corrected chi connectivity index (χ2v) is 9.13. The highest BCUT2D eigenvalue weighted by molar-refractivity contribution is 6.13. The fraction of sp³-hybridized carbons (Fsp3) is 0.323. The lowest BCUT2D eigenvalue weighted by atomic mass is 10.0. The molecule has 0 fully saturated rings. The first-order valence-electron chi connectivity index (χ1n) is 13.1. The molecule has 2 aliphatic rings. The van der Waals surface area contributed by atoms with E-state index in [-0.39, 0.29) is 77.3 Å². The number of amides is 5. The number of imide groups is 1. The maximum absolute atomic E-state index is 13.2. The summed E-state index contributed by atoms with van der Waals surface area (Å²) in [4.78, 5) is 62.9. The Hall–Kier alpha value is -4.75. The predicted octanol–water partition coefficient (Wildman–Crippen LogP) is 1.91. The van der Waals surface area contributed by atoms with Crippen LogP contribution < -0.4 is 15.5 Å². The highest BCUT2D eigenvalue weighted by Gasteiger charge is 2.23. The number of ether oxygens (including phenoxy) is 1. The number of benzene rings is 2. The third-order valence-electron chi connectivity index (χ3n) is 6.34. The van der Waals surface area contributed by atoms with Crippen LogP contribution in [0.1, 0.15) is 43.4 Å². The Morgan fingerprint density at radius 1 is 0.780 bits per heavy atom. The molecule has 2 N–H and O–H groups in total. The van der Waals surface area contributed by atoms with Gasteiger partial charge in [-0.1, -0.05) is 49.6 Å². The standard InChI is InChI=1S/C30H30N4O6.CH4/c35-26(14-18-33-28(37)11-12-29(33)38)32-17-20-40-19-15-27(36)31-16-13-30(39)34-21-24-7-2-1-5-22(24)9-10-23-6-3-4-8-25(23)34;/h1-8,11-12H,13-21H2,(H,31,36)(H,32,35);1H4. The molecule has 0 spiro atoms. The second kappa shape index (κ2) is 15.1. The van der Waals surface area contributed by atoms with E-state index >= 15 is 0 Å². The molecule has 0 unspecified atom stereocenters. The van der Waals surface area contributed by atoms with E-state index < -0.39 is 11.8 Å². The first-order valence-corrected chi connectivity index (χ1v) is 13.1. The van der Waals surface area contributed by atoms with Gasteiger partial charge in [-0.05, 0) is 23.8 Å². The molecule has 10 heteroatoms. The Balaban J connectivity index is 0.00000462. The van der Waals surface area contributed by atoms with E-state index in [1.807, 2.05) is 48.5 Å². The summed E-state index contributed by atoms with van der Waals surface area (Å²) >= 11 is 0. The van der Waals surface area contributed by atoms with E-state index in [4.69, 9.17) is 4.74 Å². The highest BCUT2D eigenvalue weighted by Crippen LogP contribution is 2.25. The fourth-order valence-electron chi connectivity index (χ4n) is 4.22.